The molecule has 0 spiro atoms. The number of esters is 1. The minimum atomic E-state index is -1.57. The van der Waals surface area contributed by atoms with Crippen LogP contribution in [0.2, 0.25) is 0 Å². The van der Waals surface area contributed by atoms with Crippen molar-refractivity contribution in [3.05, 3.63) is 36.5 Å². The Kier molecular flexibility index (Phi) is 67.1. The molecule has 0 aromatic carbocycles. The molecule has 1 amide bonds. The average Bonchev–Trinajstić information content (AvgIpc) is 1.91. The molecule has 0 aliphatic carbocycles. The lowest BCUT2D eigenvalue weighted by Crippen LogP contribution is -2.60. The maximum Gasteiger partial charge on any atom is 0.305 e. The van der Waals surface area contributed by atoms with Crippen molar-refractivity contribution < 1.29 is 49.3 Å². The van der Waals surface area contributed by atoms with Gasteiger partial charge in [-0.25, -0.2) is 0 Å². The number of carbonyl (C=O) groups is 2. The first-order valence-corrected chi connectivity index (χ1v) is 40.3. The Labute approximate surface area is 568 Å². The highest BCUT2D eigenvalue weighted by molar-refractivity contribution is 5.76. The average molecular weight is 1300 g/mol. The van der Waals surface area contributed by atoms with Crippen LogP contribution in [0.25, 0.3) is 0 Å². The second-order valence-corrected chi connectivity index (χ2v) is 28.1. The summed E-state index contributed by atoms with van der Waals surface area (Å²) in [4.78, 5) is 25.1. The van der Waals surface area contributed by atoms with Gasteiger partial charge in [-0.2, -0.15) is 0 Å². The summed E-state index contributed by atoms with van der Waals surface area (Å²) in [5, 5.41) is 54.6. The lowest BCUT2D eigenvalue weighted by molar-refractivity contribution is -0.302. The molecule has 6 N–H and O–H groups in total. The van der Waals surface area contributed by atoms with Crippen molar-refractivity contribution in [1.82, 2.24) is 5.32 Å². The summed E-state index contributed by atoms with van der Waals surface area (Å²) < 4.78 is 16.8. The van der Waals surface area contributed by atoms with Crippen LogP contribution in [-0.4, -0.2) is 100 Å². The van der Waals surface area contributed by atoms with Crippen LogP contribution in [-0.2, 0) is 23.8 Å². The maximum atomic E-state index is 13.1. The predicted molar refractivity (Wildman–Crippen MR) is 389 cm³/mol. The molecule has 1 aliphatic rings. The van der Waals surface area contributed by atoms with Gasteiger partial charge in [0.15, 0.2) is 6.29 Å². The van der Waals surface area contributed by atoms with Crippen molar-refractivity contribution in [2.75, 3.05) is 19.8 Å². The molecular formula is C81H153NO10. The summed E-state index contributed by atoms with van der Waals surface area (Å²) >= 11 is 0. The minimum Gasteiger partial charge on any atom is -0.466 e. The molecule has 1 aliphatic heterocycles. The highest BCUT2D eigenvalue weighted by atomic mass is 16.7. The van der Waals surface area contributed by atoms with Gasteiger partial charge in [-0.3, -0.25) is 9.59 Å². The van der Waals surface area contributed by atoms with Gasteiger partial charge in [-0.1, -0.05) is 346 Å². The maximum absolute atomic E-state index is 13.1. The second kappa shape index (κ2) is 70.2. The summed E-state index contributed by atoms with van der Waals surface area (Å²) in [6.07, 6.45) is 81.8. The molecule has 1 fully saturated rings. The van der Waals surface area contributed by atoms with E-state index in [1.807, 2.05) is 6.08 Å². The zero-order valence-corrected chi connectivity index (χ0v) is 60.5. The number of carbonyl (C=O) groups excluding carboxylic acids is 2. The number of rotatable bonds is 72. The summed E-state index contributed by atoms with van der Waals surface area (Å²) in [7, 11) is 0. The van der Waals surface area contributed by atoms with Gasteiger partial charge in [0, 0.05) is 12.8 Å². The smallest absolute Gasteiger partial charge is 0.305 e. The summed E-state index contributed by atoms with van der Waals surface area (Å²) in [5.74, 6) is -0.168. The van der Waals surface area contributed by atoms with E-state index in [0.29, 0.717) is 19.4 Å². The molecule has 92 heavy (non-hydrogen) atoms. The zero-order chi connectivity index (χ0) is 66.5. The van der Waals surface area contributed by atoms with E-state index < -0.39 is 49.5 Å². The van der Waals surface area contributed by atoms with E-state index >= 15 is 0 Å². The number of unbranched alkanes of at least 4 members (excludes halogenated alkanes) is 54. The number of allylic oxidation sites excluding steroid dienone is 5. The third-order valence-electron chi connectivity index (χ3n) is 19.2. The number of hydrogen-bond acceptors (Lipinski definition) is 10. The van der Waals surface area contributed by atoms with Crippen LogP contribution in [0, 0.1) is 0 Å². The van der Waals surface area contributed by atoms with Crippen LogP contribution >= 0.6 is 0 Å². The molecule has 542 valence electrons. The van der Waals surface area contributed by atoms with Gasteiger partial charge in [0.05, 0.1) is 32.0 Å². The third-order valence-corrected chi connectivity index (χ3v) is 19.2. The number of hydrogen-bond donors (Lipinski definition) is 6. The molecular weight excluding hydrogens is 1150 g/mol. The van der Waals surface area contributed by atoms with Crippen LogP contribution in [0.1, 0.15) is 406 Å². The summed E-state index contributed by atoms with van der Waals surface area (Å²) in [5.41, 5.74) is 0. The van der Waals surface area contributed by atoms with Crippen LogP contribution in [0.4, 0.5) is 0 Å². The van der Waals surface area contributed by atoms with Crippen molar-refractivity contribution in [1.29, 1.82) is 0 Å². The van der Waals surface area contributed by atoms with E-state index in [-0.39, 0.29) is 18.5 Å². The Bertz CT molecular complexity index is 1620. The SMILES string of the molecule is CCCCC/C=C\CCCCCCCC(=O)OCCCCCCCCCCCCCCCCCCCC/C=C\CCCCCCCCCCCCCCCCCCCC(=O)NC(COC1OC(CO)C(O)C(O)C1O)C(O)/C=C/CCCCCCCCCCCCC. The standard InChI is InChI=1S/C81H153NO10/c1-3-5-7-9-11-13-15-44-47-51-55-59-63-67-74(84)73(72-91-81-80(89)79(88)78(87)75(71-83)92-81)82-76(85)68-64-60-56-52-48-45-42-40-38-36-34-32-30-28-26-24-22-20-18-17-19-21-23-25-27-29-31-33-35-37-39-41-43-46-50-54-58-62-66-70-90-77(86)69-65-61-57-53-49-16-14-12-10-8-6-4-2/h12,14,17-18,63,67,73-75,78-81,83-84,87-89H,3-11,13,15-16,19-62,64-66,68-72H2,1-2H3,(H,82,85)/b14-12-,18-17-,67-63+. The molecule has 0 aromatic heterocycles. The van der Waals surface area contributed by atoms with Gasteiger partial charge in [0.1, 0.15) is 24.4 Å². The highest BCUT2D eigenvalue weighted by Gasteiger charge is 2.44. The summed E-state index contributed by atoms with van der Waals surface area (Å²) in [6, 6.07) is -0.807. The molecule has 1 saturated heterocycles. The molecule has 11 heteroatoms. The fourth-order valence-corrected chi connectivity index (χ4v) is 12.9. The van der Waals surface area contributed by atoms with Crippen LogP contribution < -0.4 is 5.32 Å². The minimum absolute atomic E-state index is 0.00710. The molecule has 1 heterocycles. The van der Waals surface area contributed by atoms with Gasteiger partial charge in [0.2, 0.25) is 5.91 Å². The highest BCUT2D eigenvalue weighted by Crippen LogP contribution is 2.24. The Morgan fingerprint density at radius 2 is 0.696 bits per heavy atom. The molecule has 7 atom stereocenters. The fraction of sp³-hybridized carbons (Fsp3) is 0.901. The number of aliphatic hydroxyl groups is 5. The van der Waals surface area contributed by atoms with Crippen LogP contribution in [0.3, 0.4) is 0 Å². The second-order valence-electron chi connectivity index (χ2n) is 28.1. The fourth-order valence-electron chi connectivity index (χ4n) is 12.9. The van der Waals surface area contributed by atoms with Gasteiger partial charge < -0.3 is 45.1 Å². The van der Waals surface area contributed by atoms with E-state index in [0.717, 1.165) is 57.8 Å². The molecule has 11 nitrogen and oxygen atoms in total. The third kappa shape index (κ3) is 58.1. The Morgan fingerprint density at radius 3 is 1.07 bits per heavy atom. The van der Waals surface area contributed by atoms with E-state index in [1.54, 1.807) is 6.08 Å². The van der Waals surface area contributed by atoms with Crippen molar-refractivity contribution in [2.24, 2.45) is 0 Å². The van der Waals surface area contributed by atoms with E-state index in [2.05, 4.69) is 43.5 Å². The topological polar surface area (TPSA) is 175 Å². The zero-order valence-electron chi connectivity index (χ0n) is 60.5. The number of nitrogens with one attached hydrogen (secondary N) is 1. The Morgan fingerprint density at radius 1 is 0.391 bits per heavy atom. The molecule has 7 unspecified atom stereocenters. The Hall–Kier alpha value is -2.12. The molecule has 1 rings (SSSR count). The van der Waals surface area contributed by atoms with E-state index in [4.69, 9.17) is 14.2 Å². The largest absolute Gasteiger partial charge is 0.466 e. The van der Waals surface area contributed by atoms with E-state index in [9.17, 15) is 35.1 Å². The number of ether oxygens (including phenoxy) is 3. The van der Waals surface area contributed by atoms with Crippen LogP contribution in [0.5, 0.6) is 0 Å². The van der Waals surface area contributed by atoms with Crippen LogP contribution in [0.15, 0.2) is 36.5 Å². The quantitative estimate of drug-likeness (QED) is 0.0195. The molecule has 0 bridgehead atoms. The lowest BCUT2D eigenvalue weighted by atomic mass is 9.99. The first-order valence-electron chi connectivity index (χ1n) is 40.3. The monoisotopic (exact) mass is 1300 g/mol. The van der Waals surface area contributed by atoms with Crippen molar-refractivity contribution in [3.8, 4) is 0 Å². The van der Waals surface area contributed by atoms with E-state index in [1.165, 1.54) is 321 Å². The molecule has 0 saturated carbocycles. The van der Waals surface area contributed by atoms with Crippen molar-refractivity contribution >= 4 is 11.9 Å². The van der Waals surface area contributed by atoms with Crippen molar-refractivity contribution in [2.45, 2.75) is 448 Å². The van der Waals surface area contributed by atoms with Gasteiger partial charge >= 0.3 is 5.97 Å². The predicted octanol–water partition coefficient (Wildman–Crippen LogP) is 21.7. The lowest BCUT2D eigenvalue weighted by Gasteiger charge is -2.40. The normalized spacial score (nSPS) is 17.7. The molecule has 0 radical (unpaired) electrons. The van der Waals surface area contributed by atoms with Gasteiger partial charge in [-0.05, 0) is 83.5 Å². The Balaban J connectivity index is 1.89. The molecule has 0 aromatic rings. The number of amides is 1. The first-order chi connectivity index (χ1) is 45.2. The van der Waals surface area contributed by atoms with Crippen molar-refractivity contribution in [3.63, 3.8) is 0 Å². The van der Waals surface area contributed by atoms with Gasteiger partial charge in [0.25, 0.3) is 0 Å². The summed E-state index contributed by atoms with van der Waals surface area (Å²) in [6.45, 7) is 4.37. The number of aliphatic hydroxyl groups excluding tert-OH is 5. The van der Waals surface area contributed by atoms with Gasteiger partial charge in [-0.15, -0.1) is 0 Å². The first kappa shape index (κ1) is 87.9.